The lowest BCUT2D eigenvalue weighted by atomic mass is 10.1. The van der Waals surface area contributed by atoms with Crippen LogP contribution in [0.3, 0.4) is 0 Å². The Balaban J connectivity index is 1.90. The van der Waals surface area contributed by atoms with Crippen LogP contribution in [0.4, 0.5) is 0 Å². The van der Waals surface area contributed by atoms with E-state index in [1.165, 1.54) is 6.42 Å². The summed E-state index contributed by atoms with van der Waals surface area (Å²) in [6.45, 7) is 6.97. The molecule has 0 radical (unpaired) electrons. The summed E-state index contributed by atoms with van der Waals surface area (Å²) in [5, 5.41) is 7.54. The first-order valence-corrected chi connectivity index (χ1v) is 8.05. The molecule has 1 saturated heterocycles. The summed E-state index contributed by atoms with van der Waals surface area (Å²) in [4.78, 5) is 26.2. The fraction of sp³-hybridized carbons (Fsp3) is 0.667. The second-order valence-corrected chi connectivity index (χ2v) is 6.20. The molecule has 1 fully saturated rings. The van der Waals surface area contributed by atoms with E-state index in [1.54, 1.807) is 18.5 Å². The Morgan fingerprint density at radius 2 is 1.91 bits per heavy atom. The highest BCUT2D eigenvalue weighted by Gasteiger charge is 2.23. The molecule has 2 heterocycles. The fourth-order valence-electron chi connectivity index (χ4n) is 2.70. The summed E-state index contributed by atoms with van der Waals surface area (Å²) in [5.41, 5.74) is 1.45. The zero-order valence-electron chi connectivity index (χ0n) is 13.4. The van der Waals surface area contributed by atoms with Gasteiger partial charge in [-0.2, -0.15) is 5.10 Å². The van der Waals surface area contributed by atoms with E-state index in [4.69, 9.17) is 11.6 Å². The summed E-state index contributed by atoms with van der Waals surface area (Å²) < 4.78 is 1.56. The molecule has 6 nitrogen and oxygen atoms in total. The van der Waals surface area contributed by atoms with Crippen LogP contribution in [0.2, 0.25) is 5.02 Å². The van der Waals surface area contributed by atoms with Gasteiger partial charge in [-0.05, 0) is 40.0 Å². The maximum absolute atomic E-state index is 12.3. The molecule has 1 aromatic heterocycles. The van der Waals surface area contributed by atoms with Gasteiger partial charge < -0.3 is 10.2 Å². The number of piperidine rings is 1. The molecule has 1 N–H and O–H groups in total. The van der Waals surface area contributed by atoms with Gasteiger partial charge in [0.15, 0.2) is 0 Å². The van der Waals surface area contributed by atoms with Gasteiger partial charge in [-0.15, -0.1) is 0 Å². The summed E-state index contributed by atoms with van der Waals surface area (Å²) in [6.07, 6.45) is 3.25. The summed E-state index contributed by atoms with van der Waals surface area (Å²) in [6, 6.07) is -0.516. The minimum Gasteiger partial charge on any atom is -0.343 e. The van der Waals surface area contributed by atoms with Crippen molar-refractivity contribution in [3.63, 3.8) is 0 Å². The number of hydrogen-bond acceptors (Lipinski definition) is 3. The summed E-state index contributed by atoms with van der Waals surface area (Å²) >= 11 is 6.06. The Kier molecular flexibility index (Phi) is 5.45. The van der Waals surface area contributed by atoms with Crippen molar-refractivity contribution in [2.75, 3.05) is 13.1 Å². The van der Waals surface area contributed by atoms with Crippen molar-refractivity contribution in [2.24, 2.45) is 0 Å². The van der Waals surface area contributed by atoms with Crippen molar-refractivity contribution in [2.45, 2.75) is 52.6 Å². The van der Waals surface area contributed by atoms with Crippen molar-refractivity contribution in [3.8, 4) is 0 Å². The SMILES string of the molecule is Cc1nn(CC(=O)N[C@H](C)C(=O)N2CCCCC2)c(C)c1Cl. The first-order chi connectivity index (χ1) is 10.4. The van der Waals surface area contributed by atoms with Gasteiger partial charge in [-0.3, -0.25) is 14.3 Å². The van der Waals surface area contributed by atoms with E-state index in [0.717, 1.165) is 31.6 Å². The summed E-state index contributed by atoms with van der Waals surface area (Å²) in [5.74, 6) is -0.250. The molecule has 0 saturated carbocycles. The zero-order valence-corrected chi connectivity index (χ0v) is 14.1. The molecule has 1 atom stereocenters. The molecule has 7 heteroatoms. The van der Waals surface area contributed by atoms with Crippen LogP contribution in [-0.4, -0.2) is 45.6 Å². The Hall–Kier alpha value is -1.56. The van der Waals surface area contributed by atoms with Gasteiger partial charge in [-0.1, -0.05) is 11.6 Å². The van der Waals surface area contributed by atoms with E-state index < -0.39 is 6.04 Å². The number of likely N-dealkylation sites (tertiary alicyclic amines) is 1. The minimum atomic E-state index is -0.516. The third kappa shape index (κ3) is 3.80. The number of amides is 2. The maximum atomic E-state index is 12.3. The second kappa shape index (κ2) is 7.13. The highest BCUT2D eigenvalue weighted by atomic mass is 35.5. The number of halogens is 1. The molecule has 1 aliphatic heterocycles. The number of nitrogens with one attached hydrogen (secondary N) is 1. The van der Waals surface area contributed by atoms with Gasteiger partial charge in [0.25, 0.3) is 0 Å². The molecule has 0 aliphatic carbocycles. The average molecular weight is 327 g/mol. The monoisotopic (exact) mass is 326 g/mol. The van der Waals surface area contributed by atoms with Crippen molar-refractivity contribution >= 4 is 23.4 Å². The number of carbonyl (C=O) groups excluding carboxylic acids is 2. The quantitative estimate of drug-likeness (QED) is 0.915. The largest absolute Gasteiger partial charge is 0.343 e. The van der Waals surface area contributed by atoms with Crippen LogP contribution in [-0.2, 0) is 16.1 Å². The van der Waals surface area contributed by atoms with Crippen LogP contribution in [0.5, 0.6) is 0 Å². The number of aromatic nitrogens is 2. The molecule has 0 spiro atoms. The third-order valence-corrected chi connectivity index (χ3v) is 4.55. The van der Waals surface area contributed by atoms with Gasteiger partial charge in [-0.25, -0.2) is 0 Å². The molecule has 0 aromatic carbocycles. The highest BCUT2D eigenvalue weighted by Crippen LogP contribution is 2.18. The summed E-state index contributed by atoms with van der Waals surface area (Å²) in [7, 11) is 0. The number of rotatable bonds is 4. The Bertz CT molecular complexity index is 564. The van der Waals surface area contributed by atoms with E-state index in [0.29, 0.717) is 10.7 Å². The Morgan fingerprint density at radius 1 is 1.27 bits per heavy atom. The first-order valence-electron chi connectivity index (χ1n) is 7.67. The Morgan fingerprint density at radius 3 is 2.45 bits per heavy atom. The normalized spacial score (nSPS) is 16.5. The van der Waals surface area contributed by atoms with Gasteiger partial charge in [0.2, 0.25) is 11.8 Å². The standard InChI is InChI=1S/C15H23ClN4O2/c1-10-14(16)12(3)20(18-10)9-13(21)17-11(2)15(22)19-7-5-4-6-8-19/h11H,4-9H2,1-3H3,(H,17,21)/t11-/m1/s1. The lowest BCUT2D eigenvalue weighted by Crippen LogP contribution is -2.49. The molecule has 2 rings (SSSR count). The van der Waals surface area contributed by atoms with Crippen LogP contribution in [0.25, 0.3) is 0 Å². The number of hydrogen-bond donors (Lipinski definition) is 1. The van der Waals surface area contributed by atoms with Crippen LogP contribution in [0, 0.1) is 13.8 Å². The van der Waals surface area contributed by atoms with Crippen molar-refractivity contribution < 1.29 is 9.59 Å². The van der Waals surface area contributed by atoms with Crippen molar-refractivity contribution in [1.29, 1.82) is 0 Å². The molecule has 2 amide bonds. The minimum absolute atomic E-state index is 0.0144. The van der Waals surface area contributed by atoms with E-state index >= 15 is 0 Å². The molecule has 1 aromatic rings. The van der Waals surface area contributed by atoms with Crippen molar-refractivity contribution in [3.05, 3.63) is 16.4 Å². The van der Waals surface area contributed by atoms with Crippen LogP contribution >= 0.6 is 11.6 Å². The van der Waals surface area contributed by atoms with Gasteiger partial charge in [0.05, 0.1) is 16.4 Å². The van der Waals surface area contributed by atoms with E-state index in [1.807, 2.05) is 11.8 Å². The lowest BCUT2D eigenvalue weighted by Gasteiger charge is -2.29. The predicted octanol–water partition coefficient (Wildman–Crippen LogP) is 1.67. The number of aryl methyl sites for hydroxylation is 1. The molecule has 1 aliphatic rings. The second-order valence-electron chi connectivity index (χ2n) is 5.82. The van der Waals surface area contributed by atoms with Gasteiger partial charge in [0, 0.05) is 13.1 Å². The fourth-order valence-corrected chi connectivity index (χ4v) is 2.84. The number of carbonyl (C=O) groups is 2. The van der Waals surface area contributed by atoms with E-state index in [2.05, 4.69) is 10.4 Å². The molecule has 22 heavy (non-hydrogen) atoms. The highest BCUT2D eigenvalue weighted by molar-refractivity contribution is 6.31. The molecular weight excluding hydrogens is 304 g/mol. The lowest BCUT2D eigenvalue weighted by molar-refractivity contribution is -0.136. The smallest absolute Gasteiger partial charge is 0.244 e. The third-order valence-electron chi connectivity index (χ3n) is 4.00. The van der Waals surface area contributed by atoms with E-state index in [9.17, 15) is 9.59 Å². The van der Waals surface area contributed by atoms with E-state index in [-0.39, 0.29) is 18.4 Å². The Labute approximate surface area is 135 Å². The van der Waals surface area contributed by atoms with Crippen molar-refractivity contribution in [1.82, 2.24) is 20.0 Å². The predicted molar refractivity (Wildman–Crippen MR) is 84.7 cm³/mol. The van der Waals surface area contributed by atoms with Gasteiger partial charge in [0.1, 0.15) is 12.6 Å². The molecule has 0 unspecified atom stereocenters. The van der Waals surface area contributed by atoms with Gasteiger partial charge >= 0.3 is 0 Å². The zero-order chi connectivity index (χ0) is 16.3. The first kappa shape index (κ1) is 16.8. The maximum Gasteiger partial charge on any atom is 0.244 e. The topological polar surface area (TPSA) is 67.2 Å². The average Bonchev–Trinajstić information content (AvgIpc) is 2.74. The molecule has 0 bridgehead atoms. The molecule has 122 valence electrons. The molecular formula is C15H23ClN4O2. The van der Waals surface area contributed by atoms with Crippen LogP contribution in [0.15, 0.2) is 0 Å². The van der Waals surface area contributed by atoms with Crippen LogP contribution < -0.4 is 5.32 Å². The number of nitrogens with zero attached hydrogens (tertiary/aromatic N) is 3. The van der Waals surface area contributed by atoms with Crippen LogP contribution in [0.1, 0.15) is 37.6 Å².